The summed E-state index contributed by atoms with van der Waals surface area (Å²) in [6.07, 6.45) is 106. The monoisotopic (exact) mass is 1250 g/mol. The van der Waals surface area contributed by atoms with Gasteiger partial charge in [0, 0.05) is 12.8 Å². The van der Waals surface area contributed by atoms with Gasteiger partial charge in [-0.1, -0.05) is 278 Å². The minimum atomic E-state index is -1.65. The van der Waals surface area contributed by atoms with E-state index in [0.717, 1.165) is 167 Å². The Labute approximate surface area is 556 Å². The second-order valence-electron chi connectivity index (χ2n) is 23.7. The smallest absolute Gasteiger partial charge is 0.306 e. The molecule has 0 fully saturated rings. The number of carboxylic acid groups (broad SMARTS) is 1. The zero-order valence-electron chi connectivity index (χ0n) is 57.9. The van der Waals surface area contributed by atoms with Gasteiger partial charge in [0.1, 0.15) is 13.2 Å². The molecule has 2 unspecified atom stereocenters. The molecule has 0 saturated carbocycles. The van der Waals surface area contributed by atoms with E-state index in [-0.39, 0.29) is 38.6 Å². The SMILES string of the molecule is CC/C=C\C/C=C\C/C=C\C/C=C\C/C=C\C/C=C\C/C=C\C/C=C\C/C=C\CCCCCCCC(=O)OC(COC(=O)CCCCCCCCCC/C=C\C/C=C\C/C=C\C/C=C\C/C=C\C/C=C\C/C=C\C/C=C\CC)COC(OCC[N+](C)(C)C)C(=O)[O-]. The first kappa shape index (κ1) is 84.9. The normalized spacial score (nSPS) is 14.0. The summed E-state index contributed by atoms with van der Waals surface area (Å²) in [5, 5.41) is 11.8. The lowest BCUT2D eigenvalue weighted by atomic mass is 10.1. The molecular formula is C82H127NO8. The molecule has 9 nitrogen and oxygen atoms in total. The number of hydrogen-bond acceptors (Lipinski definition) is 8. The number of allylic oxidation sites excluding steroid dienone is 34. The van der Waals surface area contributed by atoms with Gasteiger partial charge >= 0.3 is 11.9 Å². The Morgan fingerprint density at radius 1 is 0.330 bits per heavy atom. The van der Waals surface area contributed by atoms with Crippen LogP contribution in [0.25, 0.3) is 0 Å². The molecule has 0 spiro atoms. The Hall–Kier alpha value is -6.13. The van der Waals surface area contributed by atoms with Gasteiger partial charge in [-0.05, 0) is 148 Å². The average molecular weight is 1250 g/mol. The summed E-state index contributed by atoms with van der Waals surface area (Å²) in [7, 11) is 5.90. The largest absolute Gasteiger partial charge is 0.545 e. The van der Waals surface area contributed by atoms with Crippen LogP contribution in [0.1, 0.15) is 232 Å². The Balaban J connectivity index is 4.28. The summed E-state index contributed by atoms with van der Waals surface area (Å²) >= 11 is 0. The van der Waals surface area contributed by atoms with Crippen LogP contribution in [-0.2, 0) is 33.3 Å². The molecule has 2 atom stereocenters. The lowest BCUT2D eigenvalue weighted by Gasteiger charge is -2.26. The molecule has 0 aromatic carbocycles. The number of likely N-dealkylation sites (N-methyl/N-ethyl adjacent to an activating group) is 1. The van der Waals surface area contributed by atoms with Crippen LogP contribution in [0.4, 0.5) is 0 Å². The second-order valence-corrected chi connectivity index (χ2v) is 23.7. The van der Waals surface area contributed by atoms with Crippen LogP contribution in [0.15, 0.2) is 207 Å². The Kier molecular flexibility index (Phi) is 65.1. The number of rotatable bonds is 62. The molecule has 0 amide bonds. The number of carbonyl (C=O) groups excluding carboxylic acids is 3. The molecule has 0 aliphatic heterocycles. The summed E-state index contributed by atoms with van der Waals surface area (Å²) in [6.45, 7) is 4.46. The third-order valence-corrected chi connectivity index (χ3v) is 14.0. The van der Waals surface area contributed by atoms with Crippen molar-refractivity contribution in [3.05, 3.63) is 207 Å². The van der Waals surface area contributed by atoms with Crippen molar-refractivity contribution in [1.29, 1.82) is 0 Å². The third-order valence-electron chi connectivity index (χ3n) is 14.0. The minimum Gasteiger partial charge on any atom is -0.545 e. The van der Waals surface area contributed by atoms with Crippen LogP contribution in [0.3, 0.4) is 0 Å². The Bertz CT molecular complexity index is 2250. The van der Waals surface area contributed by atoms with Crippen molar-refractivity contribution >= 4 is 17.9 Å². The standard InChI is InChI=1S/C82H127NO8/c1-6-8-10-12-14-16-18-20-22-24-26-28-30-32-34-36-38-40-42-44-46-48-50-52-54-56-58-60-62-64-66-68-70-72-79(84)89-76-78(77-90-82(81(86)87)88-75-74-83(3,4)5)91-80(85)73-71-69-67-65-63-61-59-57-55-53-51-49-47-45-43-41-39-37-35-33-31-29-27-25-23-21-19-17-15-13-11-9-7-2/h8-11,14-17,20-23,26-29,32-35,38-41,44-47,50-53,57,59,78,82H,6-7,12-13,18-19,24-25,30-31,36-37,42-43,48-49,54-56,58,60-77H2,1-5H3/b10-8-,11-9-,16-14-,17-15-,22-20-,23-21-,28-26-,29-27-,34-32-,35-33-,40-38-,41-39-,46-44-,47-45-,52-50-,53-51-,59-57-. The first-order valence-electron chi connectivity index (χ1n) is 35.2. The van der Waals surface area contributed by atoms with Crippen LogP contribution in [0, 0.1) is 0 Å². The topological polar surface area (TPSA) is 111 Å². The van der Waals surface area contributed by atoms with Crippen molar-refractivity contribution in [2.24, 2.45) is 0 Å². The lowest BCUT2D eigenvalue weighted by Crippen LogP contribution is -2.44. The molecule has 0 aliphatic carbocycles. The second kappa shape index (κ2) is 69.8. The fourth-order valence-electron chi connectivity index (χ4n) is 8.72. The Morgan fingerprint density at radius 2 is 0.593 bits per heavy atom. The van der Waals surface area contributed by atoms with E-state index in [1.165, 1.54) is 25.7 Å². The summed E-state index contributed by atoms with van der Waals surface area (Å²) < 4.78 is 22.7. The van der Waals surface area contributed by atoms with Crippen molar-refractivity contribution in [1.82, 2.24) is 0 Å². The van der Waals surface area contributed by atoms with E-state index in [1.807, 2.05) is 21.1 Å². The number of carboxylic acids is 1. The average Bonchev–Trinajstić information content (AvgIpc) is 3.46. The van der Waals surface area contributed by atoms with E-state index in [1.54, 1.807) is 0 Å². The van der Waals surface area contributed by atoms with Gasteiger partial charge in [0.25, 0.3) is 0 Å². The van der Waals surface area contributed by atoms with Gasteiger partial charge in [0.05, 0.1) is 40.3 Å². The molecule has 9 heteroatoms. The van der Waals surface area contributed by atoms with Gasteiger partial charge in [-0.2, -0.15) is 0 Å². The van der Waals surface area contributed by atoms with E-state index < -0.39 is 24.3 Å². The van der Waals surface area contributed by atoms with E-state index in [2.05, 4.69) is 220 Å². The number of unbranched alkanes of at least 4 members (excludes halogenated alkanes) is 13. The van der Waals surface area contributed by atoms with E-state index in [9.17, 15) is 19.5 Å². The highest BCUT2D eigenvalue weighted by molar-refractivity contribution is 5.70. The van der Waals surface area contributed by atoms with Gasteiger partial charge < -0.3 is 33.3 Å². The summed E-state index contributed by atoms with van der Waals surface area (Å²) in [4.78, 5) is 37.5. The lowest BCUT2D eigenvalue weighted by molar-refractivity contribution is -0.870. The number of quaternary nitrogens is 1. The maximum absolute atomic E-state index is 12.9. The molecule has 0 N–H and O–H groups in total. The molecule has 0 bridgehead atoms. The summed E-state index contributed by atoms with van der Waals surface area (Å²) in [5.74, 6) is -2.35. The maximum atomic E-state index is 12.9. The van der Waals surface area contributed by atoms with Crippen molar-refractivity contribution in [2.45, 2.75) is 245 Å². The number of hydrogen-bond donors (Lipinski definition) is 0. The minimum absolute atomic E-state index is 0.130. The van der Waals surface area contributed by atoms with Gasteiger partial charge in [-0.15, -0.1) is 0 Å². The number of nitrogens with zero attached hydrogens (tertiary/aromatic N) is 1. The zero-order valence-corrected chi connectivity index (χ0v) is 57.9. The van der Waals surface area contributed by atoms with Crippen molar-refractivity contribution in [3.63, 3.8) is 0 Å². The molecule has 0 aliphatic rings. The maximum Gasteiger partial charge on any atom is 0.306 e. The highest BCUT2D eigenvalue weighted by Gasteiger charge is 2.22. The van der Waals surface area contributed by atoms with Crippen LogP contribution in [0.5, 0.6) is 0 Å². The zero-order chi connectivity index (χ0) is 66.1. The quantitative estimate of drug-likeness (QED) is 0.0195. The molecule has 0 heterocycles. The Morgan fingerprint density at radius 3 is 0.879 bits per heavy atom. The molecule has 0 aromatic heterocycles. The van der Waals surface area contributed by atoms with Gasteiger partial charge in [-0.25, -0.2) is 0 Å². The molecule has 0 rings (SSSR count). The van der Waals surface area contributed by atoms with Crippen molar-refractivity contribution in [3.8, 4) is 0 Å². The predicted octanol–water partition coefficient (Wildman–Crippen LogP) is 21.0. The summed E-state index contributed by atoms with van der Waals surface area (Å²) in [5.41, 5.74) is 0. The highest BCUT2D eigenvalue weighted by atomic mass is 16.7. The van der Waals surface area contributed by atoms with Gasteiger partial charge in [0.2, 0.25) is 0 Å². The van der Waals surface area contributed by atoms with Gasteiger partial charge in [-0.3, -0.25) is 9.59 Å². The molecule has 508 valence electrons. The van der Waals surface area contributed by atoms with Crippen LogP contribution >= 0.6 is 0 Å². The van der Waals surface area contributed by atoms with Crippen molar-refractivity contribution < 1.29 is 42.9 Å². The number of esters is 2. The molecule has 91 heavy (non-hydrogen) atoms. The number of ether oxygens (including phenoxy) is 4. The van der Waals surface area contributed by atoms with E-state index in [0.29, 0.717) is 23.9 Å². The third kappa shape index (κ3) is 71.2. The highest BCUT2D eigenvalue weighted by Crippen LogP contribution is 2.14. The van der Waals surface area contributed by atoms with E-state index in [4.69, 9.17) is 18.9 Å². The molecule has 0 saturated heterocycles. The summed E-state index contributed by atoms with van der Waals surface area (Å²) in [6, 6.07) is 0. The van der Waals surface area contributed by atoms with E-state index >= 15 is 0 Å². The molecule has 0 radical (unpaired) electrons. The molecule has 0 aromatic rings. The number of carbonyl (C=O) groups is 3. The van der Waals surface area contributed by atoms with Crippen LogP contribution in [0.2, 0.25) is 0 Å². The first-order valence-corrected chi connectivity index (χ1v) is 35.2. The fraction of sp³-hybridized carbons (Fsp3) is 0.549. The van der Waals surface area contributed by atoms with Crippen LogP contribution < -0.4 is 5.11 Å². The van der Waals surface area contributed by atoms with Gasteiger partial charge in [0.15, 0.2) is 12.4 Å². The molecular weight excluding hydrogens is 1130 g/mol. The number of aliphatic carboxylic acids is 1. The van der Waals surface area contributed by atoms with Crippen LogP contribution in [-0.4, -0.2) is 82.3 Å². The predicted molar refractivity (Wildman–Crippen MR) is 388 cm³/mol. The fourth-order valence-corrected chi connectivity index (χ4v) is 8.72. The first-order chi connectivity index (χ1) is 44.6. The van der Waals surface area contributed by atoms with Crippen molar-refractivity contribution in [2.75, 3.05) is 47.5 Å².